The first-order valence-electron chi connectivity index (χ1n) is 22.8. The lowest BCUT2D eigenvalue weighted by molar-refractivity contribution is -0.545. The molecule has 0 fully saturated rings. The van der Waals surface area contributed by atoms with Crippen molar-refractivity contribution < 1.29 is 30.7 Å². The lowest BCUT2D eigenvalue weighted by atomic mass is 9.69. The Morgan fingerprint density at radius 1 is 0.544 bits per heavy atom. The number of rotatable bonds is 16. The molecule has 0 aromatic heterocycles. The number of anilines is 4. The summed E-state index contributed by atoms with van der Waals surface area (Å²) in [5.74, 6) is -1.79. The number of aliphatic carboxylic acids is 2. The zero-order valence-corrected chi connectivity index (χ0v) is 38.6. The van der Waals surface area contributed by atoms with Crippen molar-refractivity contribution in [3.63, 3.8) is 0 Å². The molecule has 0 saturated carbocycles. The molecular formula is C54H56N10O4. The van der Waals surface area contributed by atoms with Gasteiger partial charge in [-0.2, -0.15) is 21.4 Å². The van der Waals surface area contributed by atoms with Gasteiger partial charge in [-0.1, -0.05) is 129 Å². The molecule has 2 heterocycles. The van der Waals surface area contributed by atoms with Gasteiger partial charge in [0.05, 0.1) is 45.8 Å². The van der Waals surface area contributed by atoms with Gasteiger partial charge >= 0.3 is 0 Å². The van der Waals surface area contributed by atoms with Gasteiger partial charge in [0.15, 0.2) is 0 Å². The summed E-state index contributed by atoms with van der Waals surface area (Å²) in [5, 5.41) is 57.8. The third kappa shape index (κ3) is 12.1. The van der Waals surface area contributed by atoms with Crippen LogP contribution in [-0.4, -0.2) is 23.6 Å². The maximum atomic E-state index is 11.3. The van der Waals surface area contributed by atoms with Gasteiger partial charge in [0.25, 0.3) is 11.7 Å². The van der Waals surface area contributed by atoms with Crippen molar-refractivity contribution in [1.29, 1.82) is 10.5 Å². The third-order valence-electron chi connectivity index (χ3n) is 11.9. The number of amidine groups is 2. The molecule has 346 valence electrons. The lowest BCUT2D eigenvalue weighted by Crippen LogP contribution is -2.96. The van der Waals surface area contributed by atoms with Crippen LogP contribution in [0.25, 0.3) is 0 Å². The van der Waals surface area contributed by atoms with Crippen LogP contribution in [0.15, 0.2) is 180 Å². The molecule has 4 N–H and O–H groups in total. The van der Waals surface area contributed by atoms with E-state index in [0.29, 0.717) is 17.5 Å². The highest BCUT2D eigenvalue weighted by Gasteiger charge is 2.38. The summed E-state index contributed by atoms with van der Waals surface area (Å²) in [4.78, 5) is 22.5. The smallest absolute Gasteiger partial charge is 0.277 e. The summed E-state index contributed by atoms with van der Waals surface area (Å²) < 4.78 is 0. The number of hydrogen-bond donors (Lipinski definition) is 2. The van der Waals surface area contributed by atoms with Gasteiger partial charge in [0.1, 0.15) is 11.4 Å². The van der Waals surface area contributed by atoms with E-state index < -0.39 is 23.3 Å². The van der Waals surface area contributed by atoms with Crippen LogP contribution in [0.3, 0.4) is 0 Å². The third-order valence-corrected chi connectivity index (χ3v) is 11.9. The second kappa shape index (κ2) is 24.3. The average molecular weight is 909 g/mol. The highest BCUT2D eigenvalue weighted by Crippen LogP contribution is 2.38. The van der Waals surface area contributed by atoms with Crippen LogP contribution >= 0.6 is 0 Å². The van der Waals surface area contributed by atoms with E-state index in [9.17, 15) is 19.8 Å². The Kier molecular flexibility index (Phi) is 17.6. The van der Waals surface area contributed by atoms with Crippen molar-refractivity contribution in [2.45, 2.75) is 65.7 Å². The van der Waals surface area contributed by atoms with Gasteiger partial charge in [-0.05, 0) is 116 Å². The second-order valence-corrected chi connectivity index (χ2v) is 16.1. The van der Waals surface area contributed by atoms with Crippen LogP contribution in [0.4, 0.5) is 22.7 Å². The van der Waals surface area contributed by atoms with E-state index in [1.165, 1.54) is 0 Å². The monoisotopic (exact) mass is 908 g/mol. The van der Waals surface area contributed by atoms with Crippen LogP contribution in [0, 0.1) is 34.0 Å². The Morgan fingerprint density at radius 2 is 0.912 bits per heavy atom. The summed E-state index contributed by atoms with van der Waals surface area (Å²) in [6.45, 7) is 5.46. The van der Waals surface area contributed by atoms with Crippen molar-refractivity contribution in [2.24, 2.45) is 21.5 Å². The molecule has 0 bridgehead atoms. The fraction of sp³-hybridized carbons (Fsp3) is 0.222. The molecule has 0 saturated heterocycles. The van der Waals surface area contributed by atoms with E-state index in [0.717, 1.165) is 71.2 Å². The molecule has 2 aliphatic rings. The molecule has 0 aliphatic carbocycles. The number of quaternary nitrogens is 2. The number of carbonyl (C=O) groups is 2. The van der Waals surface area contributed by atoms with Crippen molar-refractivity contribution >= 4 is 46.4 Å². The average Bonchev–Trinajstić information content (AvgIpc) is 4.06. The number of carboxylic acids is 2. The number of para-hydroxylation sites is 4. The molecule has 1 unspecified atom stereocenters. The van der Waals surface area contributed by atoms with Gasteiger partial charge in [0, 0.05) is 23.3 Å². The first kappa shape index (κ1) is 49.1. The van der Waals surface area contributed by atoms with E-state index in [1.54, 1.807) is 13.8 Å². The molecule has 14 nitrogen and oxygen atoms in total. The molecule has 68 heavy (non-hydrogen) atoms. The Labute approximate surface area is 398 Å². The number of nitriles is 2. The lowest BCUT2D eigenvalue weighted by Gasteiger charge is -2.41. The van der Waals surface area contributed by atoms with Crippen molar-refractivity contribution in [2.75, 3.05) is 20.5 Å². The quantitative estimate of drug-likeness (QED) is 0.0838. The van der Waals surface area contributed by atoms with Gasteiger partial charge in [-0.3, -0.25) is 0 Å². The summed E-state index contributed by atoms with van der Waals surface area (Å²) in [7, 11) is 0. The molecule has 0 radical (unpaired) electrons. The Hall–Kier alpha value is -8.30. The van der Waals surface area contributed by atoms with Gasteiger partial charge in [-0.15, -0.1) is 20.5 Å². The largest absolute Gasteiger partial charge is 0.550 e. The maximum absolute atomic E-state index is 11.3. The number of carbonyl (C=O) groups excluding carboxylic acids is 2. The summed E-state index contributed by atoms with van der Waals surface area (Å²) in [6, 6.07) is 59.4. The number of benzene rings is 6. The number of hydrazine groups is 2. The van der Waals surface area contributed by atoms with Crippen LogP contribution < -0.4 is 41.5 Å². The first-order chi connectivity index (χ1) is 33.2. The molecule has 0 spiro atoms. The molecule has 2 aliphatic heterocycles. The fourth-order valence-electron chi connectivity index (χ4n) is 7.97. The molecule has 1 atom stereocenters. The highest BCUT2D eigenvalue weighted by atomic mass is 16.4. The summed E-state index contributed by atoms with van der Waals surface area (Å²) in [5.41, 5.74) is 9.95. The van der Waals surface area contributed by atoms with Crippen LogP contribution in [0.2, 0.25) is 0 Å². The molecule has 6 aromatic carbocycles. The zero-order chi connectivity index (χ0) is 48.3. The van der Waals surface area contributed by atoms with E-state index in [4.69, 9.17) is 20.7 Å². The van der Waals surface area contributed by atoms with E-state index in [-0.39, 0.29) is 12.8 Å². The van der Waals surface area contributed by atoms with E-state index in [1.807, 2.05) is 201 Å². The van der Waals surface area contributed by atoms with Crippen molar-refractivity contribution in [3.8, 4) is 12.1 Å². The number of unbranched alkanes of at least 4 members (excludes halogenated alkanes) is 3. The highest BCUT2D eigenvalue weighted by molar-refractivity contribution is 5.95. The first-order valence-corrected chi connectivity index (χ1v) is 22.8. The molecular weight excluding hydrogens is 853 g/mol. The van der Waals surface area contributed by atoms with Gasteiger partial charge in [0.2, 0.25) is 0 Å². The number of hydrogen-bond acceptors (Lipinski definition) is 12. The Morgan fingerprint density at radius 3 is 1.22 bits per heavy atom. The van der Waals surface area contributed by atoms with Crippen LogP contribution in [-0.2, 0) is 9.59 Å². The molecule has 6 aromatic rings. The minimum atomic E-state index is -1.29. The van der Waals surface area contributed by atoms with E-state index >= 15 is 0 Å². The van der Waals surface area contributed by atoms with Crippen molar-refractivity contribution in [1.82, 2.24) is 0 Å². The molecule has 14 heteroatoms. The number of nitrogens with two attached hydrogens (primary N) is 2. The minimum Gasteiger partial charge on any atom is -0.550 e. The topological polar surface area (TPSA) is 199 Å². The SMILES string of the molecule is CCCCCCC(C(=O)[O-])C(CC)(CC)C(=O)[O-].N#Cc1ccc(C2=NN(c3ccccc3)N(c3ccccc3)[NH2+]2)cc1.N#Cc1ccc(C2=NN(c3ccccc3)N(c3ccccc3)[NH2+]2)cc1. The predicted molar refractivity (Wildman–Crippen MR) is 260 cm³/mol. The van der Waals surface area contributed by atoms with Gasteiger partial charge in [-0.25, -0.2) is 0 Å². The number of carboxylic acid groups (broad SMARTS) is 2. The van der Waals surface area contributed by atoms with Crippen LogP contribution in [0.5, 0.6) is 0 Å². The summed E-state index contributed by atoms with van der Waals surface area (Å²) >= 11 is 0. The molecule has 8 rings (SSSR count). The van der Waals surface area contributed by atoms with Crippen LogP contribution in [0.1, 0.15) is 88.0 Å². The Balaban J connectivity index is 0.000000171. The normalized spacial score (nSPS) is 13.4. The predicted octanol–water partition coefficient (Wildman–Crippen LogP) is 6.16. The van der Waals surface area contributed by atoms with E-state index in [2.05, 4.69) is 19.1 Å². The zero-order valence-electron chi connectivity index (χ0n) is 38.6. The standard InChI is InChI=1S/2C20H15N5.C14H26O4/c2*21-15-16-11-13-17(14-12-16)20-22-24(18-7-3-1-4-8-18)25(23-20)19-9-5-2-6-10-19;1-4-7-8-9-10-11(12(15)16)14(5-2,6-3)13(17)18/h2*1-14H,(H,22,23);11H,4-10H2,1-3H3,(H,15,16)(H,17,18). The van der Waals surface area contributed by atoms with Gasteiger partial charge < -0.3 is 19.8 Å². The minimum absolute atomic E-state index is 0.262. The Bertz CT molecular complexity index is 2520. The molecule has 0 amide bonds. The fourth-order valence-corrected chi connectivity index (χ4v) is 7.97. The van der Waals surface area contributed by atoms with Crippen molar-refractivity contribution in [3.05, 3.63) is 192 Å². The maximum Gasteiger partial charge on any atom is 0.277 e. The summed E-state index contributed by atoms with van der Waals surface area (Å²) in [6.07, 6.45) is 4.63. The number of hydrazone groups is 2. The second-order valence-electron chi connectivity index (χ2n) is 16.1. The number of nitrogens with zero attached hydrogens (tertiary/aromatic N) is 8.